The third-order valence-electron chi connectivity index (χ3n) is 4.76. The van der Waals surface area contributed by atoms with Crippen LogP contribution in [0.1, 0.15) is 56.3 Å². The molecule has 4 heteroatoms. The van der Waals surface area contributed by atoms with Crippen molar-refractivity contribution in [1.82, 2.24) is 4.90 Å². The van der Waals surface area contributed by atoms with Crippen molar-refractivity contribution < 1.29 is 14.3 Å². The summed E-state index contributed by atoms with van der Waals surface area (Å²) in [5.41, 5.74) is 0.704. The molecule has 0 bridgehead atoms. The van der Waals surface area contributed by atoms with E-state index in [2.05, 4.69) is 18.7 Å². The molecule has 1 aromatic rings. The van der Waals surface area contributed by atoms with E-state index in [-0.39, 0.29) is 5.91 Å². The lowest BCUT2D eigenvalue weighted by Gasteiger charge is -2.23. The lowest BCUT2D eigenvalue weighted by atomic mass is 10.1. The van der Waals surface area contributed by atoms with Gasteiger partial charge in [0.15, 0.2) is 11.5 Å². The fourth-order valence-corrected chi connectivity index (χ4v) is 2.85. The van der Waals surface area contributed by atoms with Gasteiger partial charge in [0.05, 0.1) is 13.7 Å². The van der Waals surface area contributed by atoms with Crippen LogP contribution >= 0.6 is 0 Å². The maximum atomic E-state index is 12.9. The van der Waals surface area contributed by atoms with Gasteiger partial charge >= 0.3 is 0 Å². The van der Waals surface area contributed by atoms with Gasteiger partial charge in [0, 0.05) is 18.2 Å². The molecular weight excluding hydrogens is 302 g/mol. The van der Waals surface area contributed by atoms with Crippen molar-refractivity contribution >= 4 is 5.91 Å². The standard InChI is InChI=1S/C20H29NO3/c1-14(2)10-11-24-18-9-6-16(12-19(18)23-3)20(22)21(17-7-8-17)13-15-4-5-15/h6,9,12,14-15,17H,4-5,7-8,10-11,13H2,1-3H3. The van der Waals surface area contributed by atoms with Gasteiger partial charge in [0.25, 0.3) is 5.91 Å². The van der Waals surface area contributed by atoms with E-state index >= 15 is 0 Å². The second-order valence-electron chi connectivity index (χ2n) is 7.53. The van der Waals surface area contributed by atoms with Crippen molar-refractivity contribution in [3.63, 3.8) is 0 Å². The molecule has 2 aliphatic rings. The van der Waals surface area contributed by atoms with Gasteiger partial charge in [-0.05, 0) is 62.1 Å². The quantitative estimate of drug-likeness (QED) is 0.683. The average molecular weight is 331 g/mol. The molecule has 132 valence electrons. The molecule has 2 aliphatic carbocycles. The van der Waals surface area contributed by atoms with Gasteiger partial charge in [-0.25, -0.2) is 0 Å². The van der Waals surface area contributed by atoms with Crippen LogP contribution in [-0.4, -0.2) is 37.1 Å². The van der Waals surface area contributed by atoms with Crippen molar-refractivity contribution in [2.45, 2.75) is 52.0 Å². The minimum absolute atomic E-state index is 0.136. The molecule has 4 nitrogen and oxygen atoms in total. The Morgan fingerprint density at radius 1 is 1.21 bits per heavy atom. The third-order valence-corrected chi connectivity index (χ3v) is 4.76. The fraction of sp³-hybridized carbons (Fsp3) is 0.650. The van der Waals surface area contributed by atoms with Gasteiger partial charge in [-0.15, -0.1) is 0 Å². The summed E-state index contributed by atoms with van der Waals surface area (Å²) in [6, 6.07) is 6.02. The third kappa shape index (κ3) is 4.43. The van der Waals surface area contributed by atoms with Gasteiger partial charge in [0.2, 0.25) is 0 Å². The van der Waals surface area contributed by atoms with Gasteiger partial charge in [0.1, 0.15) is 0 Å². The molecule has 0 heterocycles. The molecule has 0 saturated heterocycles. The first-order valence-electron chi connectivity index (χ1n) is 9.20. The van der Waals surface area contributed by atoms with E-state index in [1.807, 2.05) is 18.2 Å². The Hall–Kier alpha value is -1.71. The van der Waals surface area contributed by atoms with E-state index in [9.17, 15) is 4.79 Å². The highest BCUT2D eigenvalue weighted by Gasteiger charge is 2.37. The average Bonchev–Trinajstić information content (AvgIpc) is 3.45. The monoisotopic (exact) mass is 331 g/mol. The van der Waals surface area contributed by atoms with E-state index in [0.29, 0.717) is 29.9 Å². The molecule has 2 saturated carbocycles. The van der Waals surface area contributed by atoms with Crippen LogP contribution in [0.5, 0.6) is 11.5 Å². The number of nitrogens with zero attached hydrogens (tertiary/aromatic N) is 1. The smallest absolute Gasteiger partial charge is 0.254 e. The molecule has 1 amide bonds. The summed E-state index contributed by atoms with van der Waals surface area (Å²) in [5, 5.41) is 0. The Kier molecular flexibility index (Phi) is 5.32. The van der Waals surface area contributed by atoms with E-state index in [1.165, 1.54) is 12.8 Å². The Morgan fingerprint density at radius 3 is 2.54 bits per heavy atom. The van der Waals surface area contributed by atoms with Gasteiger partial charge in [-0.2, -0.15) is 0 Å². The minimum atomic E-state index is 0.136. The highest BCUT2D eigenvalue weighted by Crippen LogP contribution is 2.36. The van der Waals surface area contributed by atoms with Crippen LogP contribution in [0.4, 0.5) is 0 Å². The maximum absolute atomic E-state index is 12.9. The number of amides is 1. The lowest BCUT2D eigenvalue weighted by Crippen LogP contribution is -2.34. The molecular formula is C20H29NO3. The molecule has 1 aromatic carbocycles. The largest absolute Gasteiger partial charge is 0.493 e. The molecule has 0 aliphatic heterocycles. The zero-order valence-electron chi connectivity index (χ0n) is 15.1. The predicted molar refractivity (Wildman–Crippen MR) is 94.7 cm³/mol. The molecule has 0 spiro atoms. The molecule has 0 atom stereocenters. The normalized spacial score (nSPS) is 17.0. The molecule has 24 heavy (non-hydrogen) atoms. The Morgan fingerprint density at radius 2 is 1.96 bits per heavy atom. The summed E-state index contributed by atoms with van der Waals surface area (Å²) in [4.78, 5) is 15.0. The highest BCUT2D eigenvalue weighted by molar-refractivity contribution is 5.95. The predicted octanol–water partition coefficient (Wildman–Crippen LogP) is 4.13. The van der Waals surface area contributed by atoms with Gasteiger partial charge in [-0.1, -0.05) is 13.8 Å². The number of carbonyl (C=O) groups excluding carboxylic acids is 1. The summed E-state index contributed by atoms with van der Waals surface area (Å²) in [7, 11) is 1.63. The minimum Gasteiger partial charge on any atom is -0.493 e. The Labute approximate surface area is 145 Å². The number of hydrogen-bond acceptors (Lipinski definition) is 3. The summed E-state index contributed by atoms with van der Waals surface area (Å²) >= 11 is 0. The van der Waals surface area contributed by atoms with Crippen LogP contribution in [0.15, 0.2) is 18.2 Å². The van der Waals surface area contributed by atoms with E-state index in [4.69, 9.17) is 9.47 Å². The molecule has 0 N–H and O–H groups in total. The Balaban J connectivity index is 1.69. The first-order chi connectivity index (χ1) is 11.6. The summed E-state index contributed by atoms with van der Waals surface area (Å²) in [6.07, 6.45) is 5.82. The number of ether oxygens (including phenoxy) is 2. The van der Waals surface area contributed by atoms with Crippen molar-refractivity contribution in [2.75, 3.05) is 20.3 Å². The van der Waals surface area contributed by atoms with E-state index < -0.39 is 0 Å². The summed E-state index contributed by atoms with van der Waals surface area (Å²) in [5.74, 6) is 2.82. The summed E-state index contributed by atoms with van der Waals surface area (Å²) < 4.78 is 11.3. The lowest BCUT2D eigenvalue weighted by molar-refractivity contribution is 0.0734. The number of carbonyl (C=O) groups is 1. The van der Waals surface area contributed by atoms with Crippen molar-refractivity contribution in [3.05, 3.63) is 23.8 Å². The number of benzene rings is 1. The molecule has 3 rings (SSSR count). The summed E-state index contributed by atoms with van der Waals surface area (Å²) in [6.45, 7) is 5.93. The molecule has 0 radical (unpaired) electrons. The van der Waals surface area contributed by atoms with Crippen molar-refractivity contribution in [2.24, 2.45) is 11.8 Å². The van der Waals surface area contributed by atoms with E-state index in [0.717, 1.165) is 37.5 Å². The number of hydrogen-bond donors (Lipinski definition) is 0. The van der Waals surface area contributed by atoms with Gasteiger partial charge in [-0.3, -0.25) is 4.79 Å². The second-order valence-corrected chi connectivity index (χ2v) is 7.53. The number of methoxy groups -OCH3 is 1. The fourth-order valence-electron chi connectivity index (χ4n) is 2.85. The zero-order chi connectivity index (χ0) is 17.1. The highest BCUT2D eigenvalue weighted by atomic mass is 16.5. The van der Waals surface area contributed by atoms with Crippen LogP contribution < -0.4 is 9.47 Å². The Bertz CT molecular complexity index is 576. The van der Waals surface area contributed by atoms with Gasteiger partial charge < -0.3 is 14.4 Å². The van der Waals surface area contributed by atoms with Crippen molar-refractivity contribution in [1.29, 1.82) is 0 Å². The second kappa shape index (κ2) is 7.45. The molecule has 0 unspecified atom stereocenters. The first kappa shape index (κ1) is 17.1. The van der Waals surface area contributed by atoms with Crippen LogP contribution in [0.3, 0.4) is 0 Å². The zero-order valence-corrected chi connectivity index (χ0v) is 15.1. The maximum Gasteiger partial charge on any atom is 0.254 e. The van der Waals surface area contributed by atoms with Crippen molar-refractivity contribution in [3.8, 4) is 11.5 Å². The molecule has 2 fully saturated rings. The van der Waals surface area contributed by atoms with Crippen LogP contribution in [0, 0.1) is 11.8 Å². The topological polar surface area (TPSA) is 38.8 Å². The SMILES string of the molecule is COc1cc(C(=O)N(CC2CC2)C2CC2)ccc1OCCC(C)C. The van der Waals surface area contributed by atoms with Crippen LogP contribution in [0.2, 0.25) is 0 Å². The van der Waals surface area contributed by atoms with E-state index in [1.54, 1.807) is 7.11 Å². The number of rotatable bonds is 9. The van der Waals surface area contributed by atoms with Crippen LogP contribution in [-0.2, 0) is 0 Å². The molecule has 0 aromatic heterocycles. The van der Waals surface area contributed by atoms with Crippen LogP contribution in [0.25, 0.3) is 0 Å². The first-order valence-corrected chi connectivity index (χ1v) is 9.20.